The normalized spacial score (nSPS) is 11.9. The van der Waals surface area contributed by atoms with Gasteiger partial charge in [0.2, 0.25) is 0 Å². The van der Waals surface area contributed by atoms with E-state index in [4.69, 9.17) is 9.52 Å². The Hall–Kier alpha value is -1.84. The van der Waals surface area contributed by atoms with Crippen LogP contribution < -0.4 is 0 Å². The molecule has 1 aromatic heterocycles. The minimum atomic E-state index is -0.797. The third-order valence-electron chi connectivity index (χ3n) is 2.78. The fourth-order valence-electron chi connectivity index (χ4n) is 1.78. The average Bonchev–Trinajstić information content (AvgIpc) is 2.56. The zero-order valence-electron chi connectivity index (χ0n) is 10.2. The van der Waals surface area contributed by atoms with E-state index in [0.717, 1.165) is 16.7 Å². The van der Waals surface area contributed by atoms with Crippen molar-refractivity contribution < 1.29 is 14.3 Å². The Kier molecular flexibility index (Phi) is 2.65. The van der Waals surface area contributed by atoms with Crippen LogP contribution in [0, 0.1) is 12.3 Å². The third kappa shape index (κ3) is 2.30. The molecule has 0 unspecified atom stereocenters. The minimum Gasteiger partial charge on any atom is -0.481 e. The maximum atomic E-state index is 11.1. The monoisotopic (exact) mass is 233 g/mol. The van der Waals surface area contributed by atoms with Gasteiger partial charge in [-0.05, 0) is 38.0 Å². The molecule has 1 heterocycles. The van der Waals surface area contributed by atoms with E-state index in [1.54, 1.807) is 20.8 Å². The molecule has 17 heavy (non-hydrogen) atoms. The van der Waals surface area contributed by atoms with Gasteiger partial charge < -0.3 is 9.52 Å². The number of carboxylic acid groups (broad SMARTS) is 1. The first-order valence-electron chi connectivity index (χ1n) is 5.48. The van der Waals surface area contributed by atoms with Crippen molar-refractivity contribution in [2.24, 2.45) is 5.41 Å². The minimum absolute atomic E-state index is 0.476. The maximum absolute atomic E-state index is 11.1. The lowest BCUT2D eigenvalue weighted by atomic mass is 9.86. The largest absolute Gasteiger partial charge is 0.481 e. The highest BCUT2D eigenvalue weighted by Gasteiger charge is 2.27. The molecule has 0 spiro atoms. The molecule has 1 N–H and O–H groups in total. The van der Waals surface area contributed by atoms with E-state index in [2.05, 4.69) is 4.98 Å². The first-order chi connectivity index (χ1) is 7.88. The number of rotatable bonds is 3. The second-order valence-electron chi connectivity index (χ2n) is 4.90. The van der Waals surface area contributed by atoms with Crippen molar-refractivity contribution in [2.75, 3.05) is 0 Å². The van der Waals surface area contributed by atoms with Gasteiger partial charge in [-0.15, -0.1) is 0 Å². The summed E-state index contributed by atoms with van der Waals surface area (Å²) < 4.78 is 5.37. The smallest absolute Gasteiger partial charge is 0.309 e. The summed E-state index contributed by atoms with van der Waals surface area (Å²) in [7, 11) is 0. The molecule has 0 bridgehead atoms. The second kappa shape index (κ2) is 3.87. The molecule has 4 heteroatoms. The van der Waals surface area contributed by atoms with Gasteiger partial charge in [-0.3, -0.25) is 4.79 Å². The van der Waals surface area contributed by atoms with Crippen LogP contribution in [0.2, 0.25) is 0 Å². The number of aromatic nitrogens is 1. The highest BCUT2D eigenvalue weighted by molar-refractivity contribution is 5.76. The Balaban J connectivity index is 2.34. The van der Waals surface area contributed by atoms with Crippen LogP contribution in [0.25, 0.3) is 11.1 Å². The molecule has 4 nitrogen and oxygen atoms in total. The molecule has 1 aromatic carbocycles. The molecule has 90 valence electrons. The summed E-state index contributed by atoms with van der Waals surface area (Å²) in [4.78, 5) is 15.3. The highest BCUT2D eigenvalue weighted by atomic mass is 16.4. The first-order valence-corrected chi connectivity index (χ1v) is 5.48. The van der Waals surface area contributed by atoms with E-state index in [-0.39, 0.29) is 0 Å². The second-order valence-corrected chi connectivity index (χ2v) is 4.90. The number of carbonyl (C=O) groups is 1. The van der Waals surface area contributed by atoms with Crippen molar-refractivity contribution in [3.8, 4) is 0 Å². The van der Waals surface area contributed by atoms with Crippen molar-refractivity contribution in [1.29, 1.82) is 0 Å². The number of hydrogen-bond acceptors (Lipinski definition) is 3. The molecule has 0 aliphatic carbocycles. The number of oxazole rings is 1. The topological polar surface area (TPSA) is 63.3 Å². The van der Waals surface area contributed by atoms with E-state index < -0.39 is 11.4 Å². The molecular weight excluding hydrogens is 218 g/mol. The maximum Gasteiger partial charge on any atom is 0.309 e. The van der Waals surface area contributed by atoms with Crippen LogP contribution in [0.4, 0.5) is 0 Å². The predicted molar refractivity (Wildman–Crippen MR) is 63.9 cm³/mol. The van der Waals surface area contributed by atoms with E-state index in [1.807, 2.05) is 18.2 Å². The van der Waals surface area contributed by atoms with Crippen LogP contribution in [0.15, 0.2) is 22.6 Å². The fourth-order valence-corrected chi connectivity index (χ4v) is 1.78. The van der Waals surface area contributed by atoms with Crippen molar-refractivity contribution >= 4 is 17.1 Å². The lowest BCUT2D eigenvalue weighted by molar-refractivity contribution is -0.146. The molecule has 0 aliphatic heterocycles. The van der Waals surface area contributed by atoms with Gasteiger partial charge >= 0.3 is 5.97 Å². The van der Waals surface area contributed by atoms with Crippen molar-refractivity contribution in [2.45, 2.75) is 27.2 Å². The molecular formula is C13H15NO3. The first kappa shape index (κ1) is 11.6. The summed E-state index contributed by atoms with van der Waals surface area (Å²) in [5.74, 6) is -0.177. The quantitative estimate of drug-likeness (QED) is 0.885. The van der Waals surface area contributed by atoms with Crippen molar-refractivity contribution in [1.82, 2.24) is 4.98 Å². The third-order valence-corrected chi connectivity index (χ3v) is 2.78. The molecule has 0 radical (unpaired) electrons. The Labute approximate surface area is 99.3 Å². The van der Waals surface area contributed by atoms with Gasteiger partial charge in [0.25, 0.3) is 0 Å². The molecule has 0 aliphatic rings. The summed E-state index contributed by atoms with van der Waals surface area (Å²) in [6.45, 7) is 5.22. The van der Waals surface area contributed by atoms with Crippen LogP contribution >= 0.6 is 0 Å². The van der Waals surface area contributed by atoms with Crippen LogP contribution in [0.3, 0.4) is 0 Å². The summed E-state index contributed by atoms with van der Waals surface area (Å²) in [5, 5.41) is 9.09. The van der Waals surface area contributed by atoms with Crippen molar-refractivity contribution in [3.63, 3.8) is 0 Å². The van der Waals surface area contributed by atoms with Gasteiger partial charge in [0.15, 0.2) is 11.5 Å². The number of fused-ring (bicyclic) bond motifs is 1. The lowest BCUT2D eigenvalue weighted by Gasteiger charge is -2.18. The molecule has 0 amide bonds. The lowest BCUT2D eigenvalue weighted by Crippen LogP contribution is -2.26. The zero-order chi connectivity index (χ0) is 12.6. The number of aliphatic carboxylic acids is 1. The molecule has 0 saturated carbocycles. The van der Waals surface area contributed by atoms with Gasteiger partial charge in [0, 0.05) is 6.92 Å². The zero-order valence-corrected chi connectivity index (χ0v) is 10.2. The van der Waals surface area contributed by atoms with Crippen LogP contribution in [-0.4, -0.2) is 16.1 Å². The number of aryl methyl sites for hydroxylation is 1. The Morgan fingerprint density at radius 1 is 1.47 bits per heavy atom. The molecule has 0 atom stereocenters. The molecule has 0 fully saturated rings. The molecule has 2 aromatic rings. The fraction of sp³-hybridized carbons (Fsp3) is 0.385. The molecule has 0 saturated heterocycles. The van der Waals surface area contributed by atoms with Gasteiger partial charge in [-0.2, -0.15) is 0 Å². The van der Waals surface area contributed by atoms with Gasteiger partial charge in [0.05, 0.1) is 5.41 Å². The van der Waals surface area contributed by atoms with Gasteiger partial charge in [0.1, 0.15) is 5.52 Å². The van der Waals surface area contributed by atoms with E-state index >= 15 is 0 Å². The van der Waals surface area contributed by atoms with E-state index in [0.29, 0.717) is 12.3 Å². The Bertz CT molecular complexity index is 569. The standard InChI is InChI=1S/C13H15NO3/c1-8-14-10-6-9(4-5-11(10)17-8)7-13(2,3)12(15)16/h4-6H,7H2,1-3H3,(H,15,16). The number of benzene rings is 1. The summed E-state index contributed by atoms with van der Waals surface area (Å²) in [5.41, 5.74) is 1.70. The van der Waals surface area contributed by atoms with E-state index in [9.17, 15) is 4.79 Å². The summed E-state index contributed by atoms with van der Waals surface area (Å²) >= 11 is 0. The Morgan fingerprint density at radius 2 is 2.18 bits per heavy atom. The average molecular weight is 233 g/mol. The van der Waals surface area contributed by atoms with Gasteiger partial charge in [-0.25, -0.2) is 4.98 Å². The predicted octanol–water partition coefficient (Wildman–Crippen LogP) is 2.79. The molecule has 2 rings (SSSR count). The summed E-state index contributed by atoms with van der Waals surface area (Å²) in [6, 6.07) is 5.61. The number of nitrogens with zero attached hydrogens (tertiary/aromatic N) is 1. The van der Waals surface area contributed by atoms with Crippen LogP contribution in [0.1, 0.15) is 25.3 Å². The summed E-state index contributed by atoms with van der Waals surface area (Å²) in [6.07, 6.45) is 0.476. The SMILES string of the molecule is Cc1nc2cc(CC(C)(C)C(=O)O)ccc2o1. The highest BCUT2D eigenvalue weighted by Crippen LogP contribution is 2.24. The number of hydrogen-bond donors (Lipinski definition) is 1. The van der Waals surface area contributed by atoms with Crippen LogP contribution in [-0.2, 0) is 11.2 Å². The van der Waals surface area contributed by atoms with E-state index in [1.165, 1.54) is 0 Å². The number of carboxylic acids is 1. The Morgan fingerprint density at radius 3 is 2.82 bits per heavy atom. The van der Waals surface area contributed by atoms with Crippen LogP contribution in [0.5, 0.6) is 0 Å². The van der Waals surface area contributed by atoms with Gasteiger partial charge in [-0.1, -0.05) is 6.07 Å². The van der Waals surface area contributed by atoms with Crippen molar-refractivity contribution in [3.05, 3.63) is 29.7 Å².